The van der Waals surface area contributed by atoms with Gasteiger partial charge in [0.15, 0.2) is 5.82 Å². The summed E-state index contributed by atoms with van der Waals surface area (Å²) in [7, 11) is 0. The number of anilines is 1. The van der Waals surface area contributed by atoms with Crippen LogP contribution in [0.5, 0.6) is 0 Å². The van der Waals surface area contributed by atoms with Crippen molar-refractivity contribution < 1.29 is 17.6 Å². The zero-order valence-corrected chi connectivity index (χ0v) is 7.71. The van der Waals surface area contributed by atoms with E-state index in [1.165, 1.54) is 0 Å². The molecule has 0 radical (unpaired) electrons. The Hall–Kier alpha value is -0.780. The lowest BCUT2D eigenvalue weighted by Gasteiger charge is -2.10. The van der Waals surface area contributed by atoms with Gasteiger partial charge in [0, 0.05) is 0 Å². The molecule has 1 nitrogen and oxygen atoms in total. The van der Waals surface area contributed by atoms with E-state index in [9.17, 15) is 17.6 Å². The van der Waals surface area contributed by atoms with E-state index in [4.69, 9.17) is 5.73 Å². The van der Waals surface area contributed by atoms with Gasteiger partial charge in [-0.1, -0.05) is 0 Å². The summed E-state index contributed by atoms with van der Waals surface area (Å²) in [5.74, 6) is -1.09. The first-order chi connectivity index (χ1) is 5.84. The first-order valence-electron chi connectivity index (χ1n) is 3.14. The molecule has 2 N–H and O–H groups in total. The molecule has 6 heteroatoms. The molecule has 1 aromatic rings. The summed E-state index contributed by atoms with van der Waals surface area (Å²) in [6.07, 6.45) is -4.62. The van der Waals surface area contributed by atoms with Gasteiger partial charge in [-0.05, 0) is 28.1 Å². The summed E-state index contributed by atoms with van der Waals surface area (Å²) in [5.41, 5.74) is 2.90. The second-order valence-electron chi connectivity index (χ2n) is 2.32. The molecule has 72 valence electrons. The number of hydrogen-bond donors (Lipinski definition) is 1. The van der Waals surface area contributed by atoms with Crippen LogP contribution in [0.15, 0.2) is 16.6 Å². The van der Waals surface area contributed by atoms with Gasteiger partial charge in [0.05, 0.1) is 15.7 Å². The maximum absolute atomic E-state index is 12.8. The molecule has 0 unspecified atom stereocenters. The molecular formula is C7H4BrF4N. The quantitative estimate of drug-likeness (QED) is 0.561. The number of nitrogen functional groups attached to an aromatic ring is 1. The second kappa shape index (κ2) is 3.17. The Bertz CT molecular complexity index is 334. The van der Waals surface area contributed by atoms with Crippen LogP contribution in [0.25, 0.3) is 0 Å². The Balaban J connectivity index is 3.35. The average Bonchev–Trinajstić information content (AvgIpc) is 1.98. The summed E-state index contributed by atoms with van der Waals surface area (Å²) in [4.78, 5) is 0. The minimum absolute atomic E-state index is 0.0852. The lowest BCUT2D eigenvalue weighted by atomic mass is 10.1. The number of benzene rings is 1. The molecule has 0 aliphatic heterocycles. The van der Waals surface area contributed by atoms with Crippen LogP contribution in [0.4, 0.5) is 23.2 Å². The third-order valence-corrected chi connectivity index (χ3v) is 2.05. The van der Waals surface area contributed by atoms with E-state index in [0.717, 1.165) is 12.1 Å². The van der Waals surface area contributed by atoms with Crippen molar-refractivity contribution >= 4 is 21.6 Å². The minimum atomic E-state index is -4.62. The maximum Gasteiger partial charge on any atom is 0.418 e. The molecule has 13 heavy (non-hydrogen) atoms. The van der Waals surface area contributed by atoms with E-state index < -0.39 is 23.2 Å². The molecule has 0 aromatic heterocycles. The minimum Gasteiger partial charge on any atom is -0.396 e. The molecule has 0 fully saturated rings. The van der Waals surface area contributed by atoms with Crippen molar-refractivity contribution in [2.24, 2.45) is 0 Å². The van der Waals surface area contributed by atoms with Crippen LogP contribution in [0.1, 0.15) is 5.56 Å². The van der Waals surface area contributed by atoms with E-state index in [2.05, 4.69) is 15.9 Å². The van der Waals surface area contributed by atoms with Crippen LogP contribution < -0.4 is 5.73 Å². The summed E-state index contributed by atoms with van der Waals surface area (Å²) in [5, 5.41) is 0. The van der Waals surface area contributed by atoms with Crippen molar-refractivity contribution in [3.05, 3.63) is 28.0 Å². The van der Waals surface area contributed by atoms with Gasteiger partial charge < -0.3 is 5.73 Å². The molecule has 0 amide bonds. The van der Waals surface area contributed by atoms with Crippen LogP contribution in [0.3, 0.4) is 0 Å². The van der Waals surface area contributed by atoms with Gasteiger partial charge in [-0.2, -0.15) is 13.2 Å². The molecule has 0 aliphatic carbocycles. The van der Waals surface area contributed by atoms with Crippen molar-refractivity contribution in [1.82, 2.24) is 0 Å². The van der Waals surface area contributed by atoms with Crippen LogP contribution in [0, 0.1) is 5.82 Å². The fourth-order valence-corrected chi connectivity index (χ4v) is 1.16. The predicted molar refractivity (Wildman–Crippen MR) is 43.5 cm³/mol. The Morgan fingerprint density at radius 2 is 1.77 bits per heavy atom. The van der Waals surface area contributed by atoms with Crippen molar-refractivity contribution in [3.8, 4) is 0 Å². The highest BCUT2D eigenvalue weighted by atomic mass is 79.9. The second-order valence-corrected chi connectivity index (χ2v) is 3.17. The first kappa shape index (κ1) is 10.3. The third-order valence-electron chi connectivity index (χ3n) is 1.44. The zero-order valence-electron chi connectivity index (χ0n) is 6.12. The smallest absolute Gasteiger partial charge is 0.396 e. The van der Waals surface area contributed by atoms with Crippen molar-refractivity contribution in [2.75, 3.05) is 5.73 Å². The highest BCUT2D eigenvalue weighted by Gasteiger charge is 2.34. The maximum atomic E-state index is 12.8. The molecule has 0 spiro atoms. The number of nitrogens with two attached hydrogens (primary N) is 1. The highest BCUT2D eigenvalue weighted by Crippen LogP contribution is 2.36. The molecule has 0 heterocycles. The normalized spacial score (nSPS) is 11.8. The summed E-state index contributed by atoms with van der Waals surface area (Å²) in [6, 6.07) is 1.69. The fraction of sp³-hybridized carbons (Fsp3) is 0.143. The molecule has 0 atom stereocenters. The number of rotatable bonds is 0. The van der Waals surface area contributed by atoms with E-state index in [1.807, 2.05) is 0 Å². The van der Waals surface area contributed by atoms with E-state index in [-0.39, 0.29) is 4.47 Å². The molecule has 0 saturated carbocycles. The largest absolute Gasteiger partial charge is 0.418 e. The van der Waals surface area contributed by atoms with Crippen molar-refractivity contribution in [3.63, 3.8) is 0 Å². The van der Waals surface area contributed by atoms with Gasteiger partial charge in [-0.15, -0.1) is 0 Å². The molecule has 1 rings (SSSR count). The zero-order chi connectivity index (χ0) is 10.2. The average molecular weight is 258 g/mol. The molecule has 0 bridgehead atoms. The van der Waals surface area contributed by atoms with Gasteiger partial charge in [-0.25, -0.2) is 4.39 Å². The number of alkyl halides is 3. The molecule has 1 aromatic carbocycles. The third kappa shape index (κ3) is 1.93. The Morgan fingerprint density at radius 1 is 1.23 bits per heavy atom. The summed E-state index contributed by atoms with van der Waals surface area (Å²) in [6.45, 7) is 0. The number of halogens is 5. The van der Waals surface area contributed by atoms with Crippen molar-refractivity contribution in [1.29, 1.82) is 0 Å². The predicted octanol–water partition coefficient (Wildman–Crippen LogP) is 3.19. The lowest BCUT2D eigenvalue weighted by Crippen LogP contribution is -2.10. The van der Waals surface area contributed by atoms with Gasteiger partial charge in [0.2, 0.25) is 0 Å². The summed E-state index contributed by atoms with van der Waals surface area (Å²) >= 11 is 2.72. The van der Waals surface area contributed by atoms with Gasteiger partial charge >= 0.3 is 6.18 Å². The molecule has 0 saturated heterocycles. The SMILES string of the molecule is Nc1c(C(F)(F)F)ccc(Br)c1F. The number of hydrogen-bond acceptors (Lipinski definition) is 1. The lowest BCUT2D eigenvalue weighted by molar-refractivity contribution is -0.137. The summed E-state index contributed by atoms with van der Waals surface area (Å²) < 4.78 is 49.1. The topological polar surface area (TPSA) is 26.0 Å². The molecule has 0 aliphatic rings. The van der Waals surface area contributed by atoms with Crippen LogP contribution in [-0.2, 0) is 6.18 Å². The van der Waals surface area contributed by atoms with Gasteiger partial charge in [0.25, 0.3) is 0 Å². The Kier molecular flexibility index (Phi) is 2.51. The van der Waals surface area contributed by atoms with E-state index in [0.29, 0.717) is 0 Å². The van der Waals surface area contributed by atoms with E-state index in [1.54, 1.807) is 0 Å². The highest BCUT2D eigenvalue weighted by molar-refractivity contribution is 9.10. The van der Waals surface area contributed by atoms with Crippen LogP contribution in [-0.4, -0.2) is 0 Å². The van der Waals surface area contributed by atoms with Gasteiger partial charge in [-0.3, -0.25) is 0 Å². The Morgan fingerprint density at radius 3 is 2.23 bits per heavy atom. The molecular weight excluding hydrogens is 254 g/mol. The first-order valence-corrected chi connectivity index (χ1v) is 3.94. The Labute approximate surface area is 79.7 Å². The van der Waals surface area contributed by atoms with Crippen molar-refractivity contribution in [2.45, 2.75) is 6.18 Å². The van der Waals surface area contributed by atoms with Crippen LogP contribution in [0.2, 0.25) is 0 Å². The van der Waals surface area contributed by atoms with E-state index >= 15 is 0 Å². The fourth-order valence-electron chi connectivity index (χ4n) is 0.814. The van der Waals surface area contributed by atoms with Crippen LogP contribution >= 0.6 is 15.9 Å². The standard InChI is InChI=1S/C7H4BrF4N/c8-4-2-1-3(7(10,11)12)6(13)5(4)9/h1-2H,13H2. The van der Waals surface area contributed by atoms with Gasteiger partial charge in [0.1, 0.15) is 0 Å². The monoisotopic (exact) mass is 257 g/mol.